The number of hydrogen-bond acceptors (Lipinski definition) is 5. The van der Waals surface area contributed by atoms with Gasteiger partial charge in [0.15, 0.2) is 0 Å². The molecule has 2 saturated heterocycles. The second-order valence-corrected chi connectivity index (χ2v) is 6.72. The van der Waals surface area contributed by atoms with E-state index in [9.17, 15) is 14.7 Å². The lowest BCUT2D eigenvalue weighted by Crippen LogP contribution is -2.63. The lowest BCUT2D eigenvalue weighted by atomic mass is 9.96. The Morgan fingerprint density at radius 1 is 1.23 bits per heavy atom. The van der Waals surface area contributed by atoms with Crippen molar-refractivity contribution in [3.63, 3.8) is 0 Å². The van der Waals surface area contributed by atoms with Crippen molar-refractivity contribution in [1.29, 1.82) is 0 Å². The van der Waals surface area contributed by atoms with Crippen LogP contribution in [0.1, 0.15) is 12.8 Å². The molecule has 0 saturated carbocycles. The van der Waals surface area contributed by atoms with E-state index >= 15 is 0 Å². The molecule has 7 heteroatoms. The minimum absolute atomic E-state index is 0.0617. The zero-order chi connectivity index (χ0) is 18.1. The molecule has 26 heavy (non-hydrogen) atoms. The topological polar surface area (TPSA) is 83.0 Å². The standard InChI is InChI=1S/C19H21N3O4/c23-14-6-8-22-15(11-14)19(25)21(12-17(22)24)9-10-26-16-5-1-3-13-4-2-7-20-18(13)16/h1-5,7,14-15,23H,6,8-12H2/t14-,15+/m0/s1. The molecular formula is C19H21N3O4. The number of pyridine rings is 1. The van der Waals surface area contributed by atoms with Crippen molar-refractivity contribution in [3.8, 4) is 5.75 Å². The summed E-state index contributed by atoms with van der Waals surface area (Å²) < 4.78 is 5.83. The number of benzene rings is 1. The summed E-state index contributed by atoms with van der Waals surface area (Å²) in [6.07, 6.45) is 2.04. The highest BCUT2D eigenvalue weighted by Crippen LogP contribution is 2.25. The lowest BCUT2D eigenvalue weighted by Gasteiger charge is -2.43. The van der Waals surface area contributed by atoms with Crippen LogP contribution in [-0.4, -0.2) is 70.1 Å². The van der Waals surface area contributed by atoms with E-state index in [1.807, 2.05) is 30.3 Å². The lowest BCUT2D eigenvalue weighted by molar-refractivity contribution is -0.160. The minimum atomic E-state index is -0.542. The molecular weight excluding hydrogens is 334 g/mol. The van der Waals surface area contributed by atoms with Crippen molar-refractivity contribution in [3.05, 3.63) is 36.5 Å². The number of ether oxygens (including phenoxy) is 1. The number of aliphatic hydroxyl groups is 1. The highest BCUT2D eigenvalue weighted by molar-refractivity contribution is 5.95. The smallest absolute Gasteiger partial charge is 0.246 e. The number of aliphatic hydroxyl groups excluding tert-OH is 1. The highest BCUT2D eigenvalue weighted by Gasteiger charge is 2.42. The average Bonchev–Trinajstić information content (AvgIpc) is 2.65. The van der Waals surface area contributed by atoms with Gasteiger partial charge in [0, 0.05) is 24.5 Å². The number of nitrogens with zero attached hydrogens (tertiary/aromatic N) is 3. The molecule has 1 N–H and O–H groups in total. The van der Waals surface area contributed by atoms with Crippen LogP contribution in [0.5, 0.6) is 5.75 Å². The number of carbonyl (C=O) groups is 2. The molecule has 0 radical (unpaired) electrons. The zero-order valence-corrected chi connectivity index (χ0v) is 14.4. The van der Waals surface area contributed by atoms with Crippen LogP contribution >= 0.6 is 0 Å². The van der Waals surface area contributed by atoms with E-state index in [4.69, 9.17) is 4.74 Å². The molecule has 2 aromatic rings. The predicted octanol–water partition coefficient (Wildman–Crippen LogP) is 0.808. The maximum Gasteiger partial charge on any atom is 0.246 e. The van der Waals surface area contributed by atoms with Crippen molar-refractivity contribution < 1.29 is 19.4 Å². The van der Waals surface area contributed by atoms with Crippen molar-refractivity contribution in [2.75, 3.05) is 26.2 Å². The number of carbonyl (C=O) groups excluding carboxylic acids is 2. The number of aromatic nitrogens is 1. The Morgan fingerprint density at radius 3 is 2.96 bits per heavy atom. The van der Waals surface area contributed by atoms with Crippen LogP contribution in [0.15, 0.2) is 36.5 Å². The summed E-state index contributed by atoms with van der Waals surface area (Å²) in [6, 6.07) is 9.00. The SMILES string of the molecule is O=C1[C@H]2C[C@@H](O)CCN2C(=O)CN1CCOc1cccc2cccnc12. The van der Waals surface area contributed by atoms with Gasteiger partial charge >= 0.3 is 0 Å². The Bertz CT molecular complexity index is 835. The fraction of sp³-hybridized carbons (Fsp3) is 0.421. The van der Waals surface area contributed by atoms with Crippen LogP contribution in [0, 0.1) is 0 Å². The van der Waals surface area contributed by atoms with Gasteiger partial charge in [0.2, 0.25) is 11.8 Å². The normalized spacial score (nSPS) is 23.3. The third-order valence-corrected chi connectivity index (χ3v) is 5.03. The van der Waals surface area contributed by atoms with Crippen LogP contribution in [0.2, 0.25) is 0 Å². The van der Waals surface area contributed by atoms with E-state index in [2.05, 4.69) is 4.98 Å². The van der Waals surface area contributed by atoms with Crippen LogP contribution in [0.25, 0.3) is 10.9 Å². The van der Waals surface area contributed by atoms with Gasteiger partial charge in [0.05, 0.1) is 19.2 Å². The van der Waals surface area contributed by atoms with Gasteiger partial charge in [-0.25, -0.2) is 0 Å². The Hall–Kier alpha value is -2.67. The van der Waals surface area contributed by atoms with Crippen molar-refractivity contribution in [2.45, 2.75) is 25.0 Å². The molecule has 2 atom stereocenters. The fourth-order valence-electron chi connectivity index (χ4n) is 3.67. The number of piperidine rings is 1. The maximum atomic E-state index is 12.7. The van der Waals surface area contributed by atoms with Gasteiger partial charge in [-0.1, -0.05) is 18.2 Å². The number of para-hydroxylation sites is 1. The summed E-state index contributed by atoms with van der Waals surface area (Å²) in [4.78, 5) is 32.4. The van der Waals surface area contributed by atoms with E-state index in [-0.39, 0.29) is 25.0 Å². The number of amides is 2. The molecule has 0 unspecified atom stereocenters. The molecule has 2 fully saturated rings. The molecule has 136 valence electrons. The van der Waals surface area contributed by atoms with E-state index in [0.717, 1.165) is 10.9 Å². The highest BCUT2D eigenvalue weighted by atomic mass is 16.5. The quantitative estimate of drug-likeness (QED) is 0.877. The monoisotopic (exact) mass is 355 g/mol. The Morgan fingerprint density at radius 2 is 2.08 bits per heavy atom. The van der Waals surface area contributed by atoms with E-state index in [0.29, 0.717) is 31.7 Å². The second kappa shape index (κ2) is 6.92. The number of piperazine rings is 1. The second-order valence-electron chi connectivity index (χ2n) is 6.72. The van der Waals surface area contributed by atoms with Gasteiger partial charge in [-0.3, -0.25) is 14.6 Å². The summed E-state index contributed by atoms with van der Waals surface area (Å²) >= 11 is 0. The van der Waals surface area contributed by atoms with Crippen LogP contribution < -0.4 is 4.74 Å². The summed E-state index contributed by atoms with van der Waals surface area (Å²) in [5, 5.41) is 10.8. The van der Waals surface area contributed by atoms with Crippen molar-refractivity contribution >= 4 is 22.7 Å². The van der Waals surface area contributed by atoms with Gasteiger partial charge in [-0.05, 0) is 18.6 Å². The molecule has 0 aliphatic carbocycles. The van der Waals surface area contributed by atoms with E-state index < -0.39 is 12.1 Å². The van der Waals surface area contributed by atoms with Crippen molar-refractivity contribution in [2.24, 2.45) is 0 Å². The summed E-state index contributed by atoms with van der Waals surface area (Å²) in [5.74, 6) is 0.491. The molecule has 0 bridgehead atoms. The molecule has 0 spiro atoms. The average molecular weight is 355 g/mol. The molecule has 7 nitrogen and oxygen atoms in total. The summed E-state index contributed by atoms with van der Waals surface area (Å²) in [7, 11) is 0. The fourth-order valence-corrected chi connectivity index (χ4v) is 3.67. The zero-order valence-electron chi connectivity index (χ0n) is 14.4. The molecule has 2 aliphatic heterocycles. The van der Waals surface area contributed by atoms with Gasteiger partial charge in [0.1, 0.15) is 23.9 Å². The Kier molecular flexibility index (Phi) is 4.46. The number of fused-ring (bicyclic) bond motifs is 2. The number of rotatable bonds is 4. The molecule has 2 aliphatic rings. The van der Waals surface area contributed by atoms with Crippen LogP contribution in [0.3, 0.4) is 0 Å². The molecule has 4 rings (SSSR count). The molecule has 1 aromatic carbocycles. The molecule has 2 amide bonds. The van der Waals surface area contributed by atoms with E-state index in [1.54, 1.807) is 11.1 Å². The van der Waals surface area contributed by atoms with Crippen molar-refractivity contribution in [1.82, 2.24) is 14.8 Å². The molecule has 3 heterocycles. The van der Waals surface area contributed by atoms with Crippen LogP contribution in [-0.2, 0) is 9.59 Å². The van der Waals surface area contributed by atoms with Gasteiger partial charge in [-0.2, -0.15) is 0 Å². The van der Waals surface area contributed by atoms with E-state index in [1.165, 1.54) is 4.90 Å². The van der Waals surface area contributed by atoms with Gasteiger partial charge in [0.25, 0.3) is 0 Å². The first kappa shape index (κ1) is 16.8. The maximum absolute atomic E-state index is 12.7. The molecule has 1 aromatic heterocycles. The first-order valence-corrected chi connectivity index (χ1v) is 8.86. The summed E-state index contributed by atoms with van der Waals surface area (Å²) in [5.41, 5.74) is 0.776. The van der Waals surface area contributed by atoms with Crippen LogP contribution in [0.4, 0.5) is 0 Å². The first-order valence-electron chi connectivity index (χ1n) is 8.86. The summed E-state index contributed by atoms with van der Waals surface area (Å²) in [6.45, 7) is 1.13. The largest absolute Gasteiger partial charge is 0.489 e. The Balaban J connectivity index is 1.41. The third kappa shape index (κ3) is 3.10. The third-order valence-electron chi connectivity index (χ3n) is 5.03. The Labute approximate surface area is 151 Å². The van der Waals surface area contributed by atoms with Gasteiger partial charge < -0.3 is 19.6 Å². The first-order chi connectivity index (χ1) is 12.6. The predicted molar refractivity (Wildman–Crippen MR) is 94.6 cm³/mol. The number of hydrogen-bond donors (Lipinski definition) is 1. The van der Waals surface area contributed by atoms with Gasteiger partial charge in [-0.15, -0.1) is 0 Å². The minimum Gasteiger partial charge on any atom is -0.489 e.